The molecule has 13 heavy (non-hydrogen) atoms. The fraction of sp³-hybridized carbons (Fsp3) is 1.00. The number of hydrogen-bond acceptors (Lipinski definition) is 6. The van der Waals surface area contributed by atoms with Crippen molar-refractivity contribution in [1.29, 1.82) is 0 Å². The van der Waals surface area contributed by atoms with Crippen molar-refractivity contribution in [2.75, 3.05) is 26.3 Å². The fourth-order valence-electron chi connectivity index (χ4n) is 0.641. The van der Waals surface area contributed by atoms with Gasteiger partial charge >= 0.3 is 7.60 Å². The molecule has 1 unspecified atom stereocenters. The lowest BCUT2D eigenvalue weighted by Gasteiger charge is -2.14. The van der Waals surface area contributed by atoms with Gasteiger partial charge in [0.2, 0.25) is 0 Å². The molecule has 0 spiro atoms. The molecule has 0 bridgehead atoms. The quantitative estimate of drug-likeness (QED) is 0.630. The first kappa shape index (κ1) is 13.1. The van der Waals surface area contributed by atoms with Crippen molar-refractivity contribution in [2.45, 2.75) is 6.92 Å². The maximum Gasteiger partial charge on any atom is 0.370 e. The largest absolute Gasteiger partial charge is 0.372 e. The zero-order chi connectivity index (χ0) is 10.5. The summed E-state index contributed by atoms with van der Waals surface area (Å²) in [4.78, 5) is 0. The van der Waals surface area contributed by atoms with Gasteiger partial charge in [-0.15, -0.1) is 0 Å². The van der Waals surface area contributed by atoms with E-state index in [-0.39, 0.29) is 13.0 Å². The Bertz CT molecular complexity index is 273. The van der Waals surface area contributed by atoms with Gasteiger partial charge in [0, 0.05) is 7.11 Å². The molecule has 0 amide bonds. The first-order chi connectivity index (χ1) is 5.83. The SMILES string of the molecule is CCOP(=O)(COC)OS(C)(=O)=O. The molecule has 0 N–H and O–H groups in total. The molecule has 6 nitrogen and oxygen atoms in total. The maximum absolute atomic E-state index is 11.5. The summed E-state index contributed by atoms with van der Waals surface area (Å²) in [6.07, 6.45) is 0.419. The molecule has 0 aromatic heterocycles. The van der Waals surface area contributed by atoms with Crippen molar-refractivity contribution in [2.24, 2.45) is 0 Å². The minimum Gasteiger partial charge on any atom is -0.372 e. The van der Waals surface area contributed by atoms with Crippen LogP contribution in [0.5, 0.6) is 0 Å². The lowest BCUT2D eigenvalue weighted by atomic mass is 10.9. The highest BCUT2D eigenvalue weighted by atomic mass is 32.2. The molecule has 80 valence electrons. The van der Waals surface area contributed by atoms with E-state index in [1.165, 1.54) is 7.11 Å². The zero-order valence-electron chi connectivity index (χ0n) is 7.72. The number of methoxy groups -OCH3 is 1. The van der Waals surface area contributed by atoms with Crippen LogP contribution in [-0.4, -0.2) is 34.7 Å². The highest BCUT2D eigenvalue weighted by Crippen LogP contribution is 2.49. The number of rotatable bonds is 6. The number of ether oxygens (including phenoxy) is 1. The van der Waals surface area contributed by atoms with Gasteiger partial charge in [0.1, 0.15) is 6.35 Å². The number of hydrogen-bond donors (Lipinski definition) is 0. The molecule has 0 aliphatic rings. The van der Waals surface area contributed by atoms with Gasteiger partial charge in [-0.1, -0.05) is 0 Å². The van der Waals surface area contributed by atoms with Crippen molar-refractivity contribution >= 4 is 17.7 Å². The van der Waals surface area contributed by atoms with Crippen molar-refractivity contribution in [3.63, 3.8) is 0 Å². The summed E-state index contributed by atoms with van der Waals surface area (Å²) in [7, 11) is -6.17. The van der Waals surface area contributed by atoms with Gasteiger partial charge in [-0.05, 0) is 6.92 Å². The van der Waals surface area contributed by atoms with Gasteiger partial charge in [-0.25, -0.2) is 0 Å². The van der Waals surface area contributed by atoms with Crippen molar-refractivity contribution < 1.29 is 26.2 Å². The van der Waals surface area contributed by atoms with E-state index >= 15 is 0 Å². The van der Waals surface area contributed by atoms with E-state index in [1.54, 1.807) is 6.92 Å². The summed E-state index contributed by atoms with van der Waals surface area (Å²) in [5, 5.41) is 0. The molecule has 1 atom stereocenters. The van der Waals surface area contributed by atoms with E-state index < -0.39 is 17.7 Å². The van der Waals surface area contributed by atoms with Crippen LogP contribution in [0.2, 0.25) is 0 Å². The predicted octanol–water partition coefficient (Wildman–Crippen LogP) is 0.796. The molecule has 0 fully saturated rings. The molecule has 0 rings (SSSR count). The molecular formula is C5H13O6PS. The Labute approximate surface area is 77.8 Å². The van der Waals surface area contributed by atoms with Crippen LogP contribution in [0.1, 0.15) is 6.92 Å². The second-order valence-corrected chi connectivity index (χ2v) is 5.97. The maximum atomic E-state index is 11.5. The minimum absolute atomic E-state index is 0.0934. The van der Waals surface area contributed by atoms with Gasteiger partial charge in [0.05, 0.1) is 12.9 Å². The lowest BCUT2D eigenvalue weighted by Crippen LogP contribution is -2.07. The van der Waals surface area contributed by atoms with Gasteiger partial charge in [0.15, 0.2) is 0 Å². The van der Waals surface area contributed by atoms with Crippen LogP contribution >= 0.6 is 7.60 Å². The van der Waals surface area contributed by atoms with E-state index in [0.29, 0.717) is 0 Å². The third-order valence-electron chi connectivity index (χ3n) is 0.862. The predicted molar refractivity (Wildman–Crippen MR) is 47.0 cm³/mol. The highest BCUT2D eigenvalue weighted by Gasteiger charge is 2.29. The molecule has 0 radical (unpaired) electrons. The highest BCUT2D eigenvalue weighted by molar-refractivity contribution is 7.90. The van der Waals surface area contributed by atoms with Crippen LogP contribution in [0.4, 0.5) is 0 Å². The summed E-state index contributed by atoms with van der Waals surface area (Å²) < 4.78 is 46.3. The van der Waals surface area contributed by atoms with Gasteiger partial charge in [-0.2, -0.15) is 12.4 Å². The average Bonchev–Trinajstić information content (AvgIpc) is 1.82. The van der Waals surface area contributed by atoms with Gasteiger partial charge < -0.3 is 9.26 Å². The van der Waals surface area contributed by atoms with E-state index in [9.17, 15) is 13.0 Å². The Morgan fingerprint density at radius 1 is 1.38 bits per heavy atom. The van der Waals surface area contributed by atoms with Gasteiger partial charge in [-0.3, -0.25) is 4.57 Å². The first-order valence-electron chi connectivity index (χ1n) is 3.46. The Morgan fingerprint density at radius 3 is 2.23 bits per heavy atom. The Hall–Kier alpha value is 0.0600. The average molecular weight is 232 g/mol. The fourth-order valence-corrected chi connectivity index (χ4v) is 3.42. The van der Waals surface area contributed by atoms with Crippen molar-refractivity contribution in [3.05, 3.63) is 0 Å². The third-order valence-corrected chi connectivity index (χ3v) is 4.08. The summed E-state index contributed by atoms with van der Waals surface area (Å²) in [6.45, 7) is 1.67. The molecular weight excluding hydrogens is 219 g/mol. The van der Waals surface area contributed by atoms with E-state index in [1.807, 2.05) is 0 Å². The monoisotopic (exact) mass is 232 g/mol. The molecule has 0 aliphatic heterocycles. The molecule has 8 heteroatoms. The van der Waals surface area contributed by atoms with E-state index in [0.717, 1.165) is 6.26 Å². The van der Waals surface area contributed by atoms with Crippen LogP contribution in [-0.2, 0) is 27.9 Å². The third kappa shape index (κ3) is 6.17. The van der Waals surface area contributed by atoms with Crippen LogP contribution in [0, 0.1) is 0 Å². The zero-order valence-corrected chi connectivity index (χ0v) is 9.43. The van der Waals surface area contributed by atoms with Crippen LogP contribution in [0.25, 0.3) is 0 Å². The normalized spacial score (nSPS) is 16.8. The van der Waals surface area contributed by atoms with Crippen LogP contribution in [0.15, 0.2) is 0 Å². The van der Waals surface area contributed by atoms with Crippen molar-refractivity contribution in [3.8, 4) is 0 Å². The van der Waals surface area contributed by atoms with Crippen LogP contribution < -0.4 is 0 Å². The molecule has 0 aromatic carbocycles. The Kier molecular flexibility index (Phi) is 5.09. The molecule has 0 saturated carbocycles. The van der Waals surface area contributed by atoms with Crippen LogP contribution in [0.3, 0.4) is 0 Å². The van der Waals surface area contributed by atoms with Gasteiger partial charge in [0.25, 0.3) is 10.1 Å². The topological polar surface area (TPSA) is 78.9 Å². The molecule has 0 saturated heterocycles. The Balaban J connectivity index is 4.51. The lowest BCUT2D eigenvalue weighted by molar-refractivity contribution is 0.198. The van der Waals surface area contributed by atoms with E-state index in [4.69, 9.17) is 0 Å². The molecule has 0 aromatic rings. The summed E-state index contributed by atoms with van der Waals surface area (Å²) in [5.74, 6) is 0. The summed E-state index contributed by atoms with van der Waals surface area (Å²) >= 11 is 0. The smallest absolute Gasteiger partial charge is 0.370 e. The molecule has 0 aliphatic carbocycles. The second kappa shape index (κ2) is 5.07. The summed E-state index contributed by atoms with van der Waals surface area (Å²) in [6, 6.07) is 0. The second-order valence-electron chi connectivity index (χ2n) is 2.23. The van der Waals surface area contributed by atoms with E-state index in [2.05, 4.69) is 13.2 Å². The van der Waals surface area contributed by atoms with Crippen molar-refractivity contribution in [1.82, 2.24) is 0 Å². The minimum atomic E-state index is -3.79. The molecule has 0 heterocycles. The Morgan fingerprint density at radius 2 is 1.92 bits per heavy atom. The summed E-state index contributed by atoms with van der Waals surface area (Å²) in [5.41, 5.74) is 0. The first-order valence-corrected chi connectivity index (χ1v) is 7.01. The standard InChI is InChI=1S/C5H13O6PS/c1-4-10-12(6,5-9-2)11-13(3,7)8/h4-5H2,1-3H3.